The molecule has 1 aliphatic heterocycles. The van der Waals surface area contributed by atoms with Crippen LogP contribution in [-0.2, 0) is 16.1 Å². The Kier molecular flexibility index (Phi) is 3.00. The van der Waals surface area contributed by atoms with E-state index in [1.807, 2.05) is 6.07 Å². The summed E-state index contributed by atoms with van der Waals surface area (Å²) in [5, 5.41) is 9.64. The van der Waals surface area contributed by atoms with Crippen LogP contribution in [0, 0.1) is 0 Å². The van der Waals surface area contributed by atoms with Gasteiger partial charge in [0.05, 0.1) is 12.5 Å². The average molecular weight is 222 g/mol. The molecule has 1 aromatic heterocycles. The van der Waals surface area contributed by atoms with Crippen molar-refractivity contribution in [2.24, 2.45) is 0 Å². The second-order valence-electron chi connectivity index (χ2n) is 3.70. The molecule has 0 saturated carbocycles. The highest BCUT2D eigenvalue weighted by atomic mass is 16.2. The van der Waals surface area contributed by atoms with Crippen molar-refractivity contribution in [3.8, 4) is 0 Å². The van der Waals surface area contributed by atoms with Crippen molar-refractivity contribution in [3.05, 3.63) is 18.0 Å². The van der Waals surface area contributed by atoms with E-state index in [2.05, 4.69) is 15.5 Å². The Morgan fingerprint density at radius 2 is 2.44 bits per heavy atom. The third-order valence-corrected chi connectivity index (χ3v) is 2.66. The van der Waals surface area contributed by atoms with Crippen LogP contribution < -0.4 is 5.32 Å². The predicted molar refractivity (Wildman–Crippen MR) is 56.2 cm³/mol. The molecule has 2 amide bonds. The summed E-state index contributed by atoms with van der Waals surface area (Å²) in [5.74, 6) is -0.235. The Balaban J connectivity index is 1.92. The average Bonchev–Trinajstić information content (AvgIpc) is 2.85. The van der Waals surface area contributed by atoms with Crippen LogP contribution in [0.4, 0.5) is 0 Å². The second kappa shape index (κ2) is 4.44. The van der Waals surface area contributed by atoms with Crippen LogP contribution >= 0.6 is 0 Å². The molecular weight excluding hydrogens is 208 g/mol. The smallest absolute Gasteiger partial charge is 0.246 e. The number of hydrogen-bond donors (Lipinski definition) is 2. The maximum Gasteiger partial charge on any atom is 0.246 e. The Labute approximate surface area is 93.0 Å². The van der Waals surface area contributed by atoms with Crippen molar-refractivity contribution in [2.45, 2.75) is 25.9 Å². The molecule has 2 N–H and O–H groups in total. The number of likely N-dealkylation sites (N-methyl/N-ethyl adjacent to an activating group) is 1. The molecule has 1 fully saturated rings. The molecule has 6 nitrogen and oxygen atoms in total. The molecule has 1 aromatic rings. The van der Waals surface area contributed by atoms with Gasteiger partial charge in [0, 0.05) is 25.0 Å². The van der Waals surface area contributed by atoms with Gasteiger partial charge in [0.2, 0.25) is 11.8 Å². The Morgan fingerprint density at radius 3 is 3.00 bits per heavy atom. The third kappa shape index (κ3) is 1.96. The number of imide groups is 1. The summed E-state index contributed by atoms with van der Waals surface area (Å²) in [6, 6.07) is 1.43. The Hall–Kier alpha value is -1.69. The lowest BCUT2D eigenvalue weighted by molar-refractivity contribution is -0.138. The van der Waals surface area contributed by atoms with Gasteiger partial charge in [-0.05, 0) is 13.0 Å². The largest absolute Gasteiger partial charge is 0.300 e. The predicted octanol–water partition coefficient (Wildman–Crippen LogP) is -0.353. The standard InChI is InChI=1S/C10H14N4O2/c1-2-14-9(15)5-8(10(14)16)11-6-7-3-4-12-13-7/h3-4,8,11H,2,5-6H2,1H3,(H,12,13). The summed E-state index contributed by atoms with van der Waals surface area (Å²) < 4.78 is 0. The molecule has 1 atom stereocenters. The van der Waals surface area contributed by atoms with Crippen LogP contribution in [0.25, 0.3) is 0 Å². The van der Waals surface area contributed by atoms with Crippen molar-refractivity contribution < 1.29 is 9.59 Å². The zero-order chi connectivity index (χ0) is 11.5. The Morgan fingerprint density at radius 1 is 1.62 bits per heavy atom. The highest BCUT2D eigenvalue weighted by Gasteiger charge is 2.36. The maximum atomic E-state index is 11.7. The monoisotopic (exact) mass is 222 g/mol. The molecule has 0 aliphatic carbocycles. The van der Waals surface area contributed by atoms with E-state index in [4.69, 9.17) is 0 Å². The van der Waals surface area contributed by atoms with Crippen molar-refractivity contribution >= 4 is 11.8 Å². The first-order valence-corrected chi connectivity index (χ1v) is 5.28. The van der Waals surface area contributed by atoms with Crippen molar-refractivity contribution in [1.29, 1.82) is 0 Å². The zero-order valence-corrected chi connectivity index (χ0v) is 9.06. The maximum absolute atomic E-state index is 11.7. The second-order valence-corrected chi connectivity index (χ2v) is 3.70. The number of rotatable bonds is 4. The number of aromatic nitrogens is 2. The molecule has 6 heteroatoms. The van der Waals surface area contributed by atoms with Crippen LogP contribution in [0.2, 0.25) is 0 Å². The quantitative estimate of drug-likeness (QED) is 0.682. The number of amides is 2. The number of carbonyl (C=O) groups is 2. The lowest BCUT2D eigenvalue weighted by Gasteiger charge is -2.12. The number of likely N-dealkylation sites (tertiary alicyclic amines) is 1. The molecule has 1 unspecified atom stereocenters. The molecule has 0 bridgehead atoms. The fraction of sp³-hybridized carbons (Fsp3) is 0.500. The summed E-state index contributed by atoms with van der Waals surface area (Å²) in [4.78, 5) is 24.4. The Bertz CT molecular complexity index is 388. The van der Waals surface area contributed by atoms with Gasteiger partial charge in [0.15, 0.2) is 0 Å². The minimum atomic E-state index is -0.393. The van der Waals surface area contributed by atoms with E-state index in [9.17, 15) is 9.59 Å². The minimum Gasteiger partial charge on any atom is -0.300 e. The first kappa shape index (κ1) is 10.8. The molecule has 1 aliphatic rings. The van der Waals surface area contributed by atoms with Crippen LogP contribution in [0.5, 0.6) is 0 Å². The number of hydrogen-bond acceptors (Lipinski definition) is 4. The number of carbonyl (C=O) groups excluding carboxylic acids is 2. The number of nitrogens with one attached hydrogen (secondary N) is 2. The van der Waals surface area contributed by atoms with E-state index in [1.165, 1.54) is 4.90 Å². The summed E-state index contributed by atoms with van der Waals surface area (Å²) in [6.45, 7) is 2.76. The molecular formula is C10H14N4O2. The van der Waals surface area contributed by atoms with E-state index in [0.717, 1.165) is 5.69 Å². The van der Waals surface area contributed by atoms with E-state index >= 15 is 0 Å². The molecule has 0 radical (unpaired) electrons. The summed E-state index contributed by atoms with van der Waals surface area (Å²) >= 11 is 0. The van der Waals surface area contributed by atoms with E-state index in [-0.39, 0.29) is 18.2 Å². The summed E-state index contributed by atoms with van der Waals surface area (Å²) in [7, 11) is 0. The van der Waals surface area contributed by atoms with Gasteiger partial charge >= 0.3 is 0 Å². The molecule has 0 aromatic carbocycles. The summed E-state index contributed by atoms with van der Waals surface area (Å²) in [6.07, 6.45) is 1.90. The topological polar surface area (TPSA) is 78.1 Å². The lowest BCUT2D eigenvalue weighted by Crippen LogP contribution is -2.38. The lowest BCUT2D eigenvalue weighted by atomic mass is 10.2. The van der Waals surface area contributed by atoms with Crippen molar-refractivity contribution in [3.63, 3.8) is 0 Å². The van der Waals surface area contributed by atoms with Gasteiger partial charge < -0.3 is 0 Å². The molecule has 2 heterocycles. The molecule has 2 rings (SSSR count). The van der Waals surface area contributed by atoms with Gasteiger partial charge in [-0.2, -0.15) is 5.10 Å². The SMILES string of the molecule is CCN1C(=O)CC(NCc2ccn[nH]2)C1=O. The first-order chi connectivity index (χ1) is 7.72. The fourth-order valence-electron chi connectivity index (χ4n) is 1.79. The van der Waals surface area contributed by atoms with Crippen molar-refractivity contribution in [1.82, 2.24) is 20.4 Å². The van der Waals surface area contributed by atoms with Gasteiger partial charge in [-0.15, -0.1) is 0 Å². The number of aromatic amines is 1. The number of H-pyrrole nitrogens is 1. The minimum absolute atomic E-state index is 0.102. The van der Waals surface area contributed by atoms with Gasteiger partial charge in [-0.25, -0.2) is 0 Å². The normalized spacial score (nSPS) is 20.8. The molecule has 16 heavy (non-hydrogen) atoms. The molecule has 0 spiro atoms. The summed E-state index contributed by atoms with van der Waals surface area (Å²) in [5.41, 5.74) is 0.898. The van der Waals surface area contributed by atoms with E-state index in [1.54, 1.807) is 13.1 Å². The van der Waals surface area contributed by atoms with Crippen LogP contribution in [0.3, 0.4) is 0 Å². The van der Waals surface area contributed by atoms with Gasteiger partial charge in [-0.3, -0.25) is 24.9 Å². The van der Waals surface area contributed by atoms with Gasteiger partial charge in [0.1, 0.15) is 0 Å². The van der Waals surface area contributed by atoms with Crippen LogP contribution in [-0.4, -0.2) is 39.5 Å². The van der Waals surface area contributed by atoms with Gasteiger partial charge in [-0.1, -0.05) is 0 Å². The zero-order valence-electron chi connectivity index (χ0n) is 9.06. The molecule has 86 valence electrons. The first-order valence-electron chi connectivity index (χ1n) is 5.28. The molecule has 1 saturated heterocycles. The van der Waals surface area contributed by atoms with E-state index < -0.39 is 6.04 Å². The van der Waals surface area contributed by atoms with E-state index in [0.29, 0.717) is 13.1 Å². The fourth-order valence-corrected chi connectivity index (χ4v) is 1.79. The van der Waals surface area contributed by atoms with Crippen LogP contribution in [0.15, 0.2) is 12.3 Å². The van der Waals surface area contributed by atoms with Crippen LogP contribution in [0.1, 0.15) is 19.0 Å². The third-order valence-electron chi connectivity index (χ3n) is 2.66. The highest BCUT2D eigenvalue weighted by Crippen LogP contribution is 2.12. The highest BCUT2D eigenvalue weighted by molar-refractivity contribution is 6.05. The number of nitrogens with zero attached hydrogens (tertiary/aromatic N) is 2. The van der Waals surface area contributed by atoms with Crippen molar-refractivity contribution in [2.75, 3.05) is 6.54 Å². The van der Waals surface area contributed by atoms with Gasteiger partial charge in [0.25, 0.3) is 0 Å².